The Morgan fingerprint density at radius 3 is 2.43 bits per heavy atom. The summed E-state index contributed by atoms with van der Waals surface area (Å²) in [5.74, 6) is 1.78. The highest BCUT2D eigenvalue weighted by Gasteiger charge is 2.48. The number of aliphatic hydroxyl groups is 1. The molecule has 1 amide bonds. The van der Waals surface area contributed by atoms with Crippen molar-refractivity contribution in [1.82, 2.24) is 9.88 Å². The van der Waals surface area contributed by atoms with Crippen molar-refractivity contribution in [2.75, 3.05) is 0 Å². The van der Waals surface area contributed by atoms with Gasteiger partial charge in [0.05, 0.1) is 23.4 Å². The number of amides is 1. The van der Waals surface area contributed by atoms with Crippen LogP contribution in [0.25, 0.3) is 22.5 Å². The van der Waals surface area contributed by atoms with Crippen molar-refractivity contribution in [3.63, 3.8) is 0 Å². The van der Waals surface area contributed by atoms with Gasteiger partial charge in [-0.1, -0.05) is 42.5 Å². The maximum Gasteiger partial charge on any atom is 0.255 e. The van der Waals surface area contributed by atoms with E-state index in [1.54, 1.807) is 6.20 Å². The van der Waals surface area contributed by atoms with Crippen molar-refractivity contribution in [1.29, 1.82) is 0 Å². The van der Waals surface area contributed by atoms with E-state index in [-0.39, 0.29) is 11.9 Å². The second-order valence-corrected chi connectivity index (χ2v) is 9.03. The van der Waals surface area contributed by atoms with E-state index >= 15 is 0 Å². The van der Waals surface area contributed by atoms with Crippen molar-refractivity contribution in [2.45, 2.75) is 51.8 Å². The number of benzene rings is 2. The van der Waals surface area contributed by atoms with Gasteiger partial charge in [0.25, 0.3) is 5.91 Å². The molecule has 3 aromatic rings. The zero-order chi connectivity index (χ0) is 21.0. The number of carbonyl (C=O) groups is 1. The molecule has 0 bridgehead atoms. The molecule has 30 heavy (non-hydrogen) atoms. The fourth-order valence-electron chi connectivity index (χ4n) is 4.78. The predicted octanol–water partition coefficient (Wildman–Crippen LogP) is 4.82. The van der Waals surface area contributed by atoms with Gasteiger partial charge in [-0.05, 0) is 49.3 Å². The summed E-state index contributed by atoms with van der Waals surface area (Å²) in [6.07, 6.45) is 3.87. The maximum absolute atomic E-state index is 13.5. The summed E-state index contributed by atoms with van der Waals surface area (Å²) in [5, 5.41) is 10.8. The van der Waals surface area contributed by atoms with Gasteiger partial charge >= 0.3 is 0 Å². The van der Waals surface area contributed by atoms with Crippen LogP contribution in [0.4, 0.5) is 0 Å². The van der Waals surface area contributed by atoms with Gasteiger partial charge in [-0.3, -0.25) is 4.79 Å². The van der Waals surface area contributed by atoms with E-state index in [2.05, 4.69) is 4.98 Å². The Bertz CT molecular complexity index is 1100. The number of nitrogens with zero attached hydrogens (tertiary/aromatic N) is 2. The van der Waals surface area contributed by atoms with Gasteiger partial charge in [-0.2, -0.15) is 0 Å². The smallest absolute Gasteiger partial charge is 0.255 e. The second kappa shape index (κ2) is 6.81. The van der Waals surface area contributed by atoms with Crippen LogP contribution in [-0.2, 0) is 6.54 Å². The average molecular weight is 402 g/mol. The predicted molar refractivity (Wildman–Crippen MR) is 115 cm³/mol. The summed E-state index contributed by atoms with van der Waals surface area (Å²) >= 11 is 0. The summed E-state index contributed by atoms with van der Waals surface area (Å²) in [6.45, 7) is 6.02. The van der Waals surface area contributed by atoms with Gasteiger partial charge in [-0.15, -0.1) is 0 Å². The number of carbonyl (C=O) groups excluding carboxylic acids is 1. The third kappa shape index (κ3) is 3.23. The van der Waals surface area contributed by atoms with Crippen molar-refractivity contribution in [3.05, 3.63) is 65.7 Å². The monoisotopic (exact) mass is 402 g/mol. The molecular weight excluding hydrogens is 376 g/mol. The van der Waals surface area contributed by atoms with E-state index < -0.39 is 5.60 Å². The molecule has 1 N–H and O–H groups in total. The Hall–Kier alpha value is -2.92. The number of fused-ring (bicyclic) bond motifs is 1. The molecule has 0 radical (unpaired) electrons. The van der Waals surface area contributed by atoms with Crippen molar-refractivity contribution in [2.24, 2.45) is 5.92 Å². The molecule has 5 heteroatoms. The fourth-order valence-corrected chi connectivity index (χ4v) is 4.78. The van der Waals surface area contributed by atoms with Gasteiger partial charge in [0.1, 0.15) is 0 Å². The van der Waals surface area contributed by atoms with Crippen LogP contribution in [-0.4, -0.2) is 32.5 Å². The molecule has 154 valence electrons. The average Bonchev–Trinajstić information content (AvgIpc) is 3.35. The van der Waals surface area contributed by atoms with E-state index in [4.69, 9.17) is 4.42 Å². The molecule has 5 nitrogen and oxygen atoms in total. The Morgan fingerprint density at radius 2 is 1.83 bits per heavy atom. The lowest BCUT2D eigenvalue weighted by Gasteiger charge is -2.37. The summed E-state index contributed by atoms with van der Waals surface area (Å²) in [5.41, 5.74) is 3.75. The summed E-state index contributed by atoms with van der Waals surface area (Å²) in [4.78, 5) is 19.5. The number of hydrogen-bond acceptors (Lipinski definition) is 4. The third-order valence-corrected chi connectivity index (χ3v) is 6.20. The van der Waals surface area contributed by atoms with E-state index in [0.717, 1.165) is 46.4 Å². The first-order valence-electron chi connectivity index (χ1n) is 10.5. The van der Waals surface area contributed by atoms with E-state index in [9.17, 15) is 9.90 Å². The SMILES string of the molecule is Cc1ncc(-c2ccc(-c3cccc4c3C(=O)N([C@H](C3CC3)C(C)(C)O)C4)cc2)o1. The molecule has 1 atom stereocenters. The van der Waals surface area contributed by atoms with Gasteiger partial charge in [0, 0.05) is 19.0 Å². The van der Waals surface area contributed by atoms with Crippen LogP contribution in [0.1, 0.15) is 48.5 Å². The van der Waals surface area contributed by atoms with Crippen molar-refractivity contribution >= 4 is 5.91 Å². The van der Waals surface area contributed by atoms with E-state index in [0.29, 0.717) is 18.4 Å². The normalized spacial score (nSPS) is 17.3. The van der Waals surface area contributed by atoms with Crippen molar-refractivity contribution in [3.8, 4) is 22.5 Å². The summed E-state index contributed by atoms with van der Waals surface area (Å²) in [6, 6.07) is 13.9. The molecule has 1 fully saturated rings. The summed E-state index contributed by atoms with van der Waals surface area (Å²) in [7, 11) is 0. The molecule has 0 spiro atoms. The van der Waals surface area contributed by atoms with E-state index in [1.807, 2.05) is 68.1 Å². The molecule has 1 saturated carbocycles. The largest absolute Gasteiger partial charge is 0.441 e. The molecule has 1 aliphatic carbocycles. The molecule has 0 saturated heterocycles. The highest BCUT2D eigenvalue weighted by Crippen LogP contribution is 2.44. The van der Waals surface area contributed by atoms with Crippen molar-refractivity contribution < 1.29 is 14.3 Å². The number of oxazole rings is 1. The lowest BCUT2D eigenvalue weighted by Crippen LogP contribution is -2.51. The van der Waals surface area contributed by atoms with E-state index in [1.165, 1.54) is 0 Å². The minimum Gasteiger partial charge on any atom is -0.441 e. The first-order valence-corrected chi connectivity index (χ1v) is 10.5. The summed E-state index contributed by atoms with van der Waals surface area (Å²) < 4.78 is 5.61. The van der Waals surface area contributed by atoms with Gasteiger partial charge in [-0.25, -0.2) is 4.98 Å². The highest BCUT2D eigenvalue weighted by molar-refractivity contribution is 6.04. The second-order valence-electron chi connectivity index (χ2n) is 9.03. The first-order chi connectivity index (χ1) is 14.3. The quantitative estimate of drug-likeness (QED) is 0.664. The van der Waals surface area contributed by atoms with Crippen LogP contribution in [0, 0.1) is 12.8 Å². The number of rotatable bonds is 5. The highest BCUT2D eigenvalue weighted by atomic mass is 16.4. The molecule has 5 rings (SSSR count). The zero-order valence-corrected chi connectivity index (χ0v) is 17.6. The van der Waals surface area contributed by atoms with Crippen LogP contribution in [0.15, 0.2) is 53.1 Å². The Labute approximate surface area is 176 Å². The lowest BCUT2D eigenvalue weighted by atomic mass is 9.92. The topological polar surface area (TPSA) is 66.6 Å². The van der Waals surface area contributed by atoms with Crippen LogP contribution in [0.5, 0.6) is 0 Å². The van der Waals surface area contributed by atoms with Gasteiger partial charge in [0.2, 0.25) is 0 Å². The zero-order valence-electron chi connectivity index (χ0n) is 17.6. The van der Waals surface area contributed by atoms with Crippen LogP contribution in [0.3, 0.4) is 0 Å². The van der Waals surface area contributed by atoms with Gasteiger partial charge < -0.3 is 14.4 Å². The van der Waals surface area contributed by atoms with Crippen LogP contribution in [0.2, 0.25) is 0 Å². The minimum absolute atomic E-state index is 0.0227. The molecule has 1 aromatic heterocycles. The number of aromatic nitrogens is 1. The molecule has 2 aromatic carbocycles. The van der Waals surface area contributed by atoms with Crippen LogP contribution < -0.4 is 0 Å². The molecule has 2 heterocycles. The standard InChI is InChI=1S/C25H26N2O3/c1-15-26-13-21(30-15)17-9-7-16(8-10-17)20-6-4-5-19-14-27(24(28)22(19)20)23(18-11-12-18)25(2,3)29/h4-10,13,18,23,29H,11-12,14H2,1-3H3/t23-/m1/s1. The lowest BCUT2D eigenvalue weighted by molar-refractivity contribution is -0.0224. The number of hydrogen-bond donors (Lipinski definition) is 1. The van der Waals surface area contributed by atoms with Crippen LogP contribution >= 0.6 is 0 Å². The molecular formula is C25H26N2O3. The molecule has 2 aliphatic rings. The number of aryl methyl sites for hydroxylation is 1. The fraction of sp³-hybridized carbons (Fsp3) is 0.360. The molecule has 1 aliphatic heterocycles. The third-order valence-electron chi connectivity index (χ3n) is 6.20. The first kappa shape index (κ1) is 19.1. The molecule has 0 unspecified atom stereocenters. The Kier molecular flexibility index (Phi) is 4.33. The Morgan fingerprint density at radius 1 is 1.13 bits per heavy atom. The Balaban J connectivity index is 1.49. The minimum atomic E-state index is -0.921. The maximum atomic E-state index is 13.5. The van der Waals surface area contributed by atoms with Gasteiger partial charge in [0.15, 0.2) is 11.7 Å².